The number of oxime groups is 1. The Hall–Kier alpha value is -3.87. The molecule has 27 heavy (non-hydrogen) atoms. The molecule has 0 saturated carbocycles. The van der Waals surface area contributed by atoms with Crippen molar-refractivity contribution < 1.29 is 10.0 Å². The van der Waals surface area contributed by atoms with Gasteiger partial charge in [-0.1, -0.05) is 5.16 Å². The lowest BCUT2D eigenvalue weighted by atomic mass is 10.0. The summed E-state index contributed by atoms with van der Waals surface area (Å²) >= 11 is 0. The Balaban J connectivity index is 1.73. The number of ketones is 1. The predicted octanol–water partition coefficient (Wildman–Crippen LogP) is 3.19. The van der Waals surface area contributed by atoms with E-state index in [0.29, 0.717) is 5.56 Å². The zero-order chi connectivity index (χ0) is 18.8. The first-order valence-corrected chi connectivity index (χ1v) is 8.25. The van der Waals surface area contributed by atoms with Crippen LogP contribution in [0, 0.1) is 6.92 Å². The molecule has 0 aliphatic carbocycles. The first kappa shape index (κ1) is 16.6. The molecule has 0 saturated heterocycles. The fourth-order valence-electron chi connectivity index (χ4n) is 3.00. The highest BCUT2D eigenvalue weighted by Crippen LogP contribution is 2.22. The minimum Gasteiger partial charge on any atom is -0.410 e. The smallest absolute Gasteiger partial charge is 0.217 e. The molecule has 7 heteroatoms. The fourth-order valence-corrected chi connectivity index (χ4v) is 3.00. The third-order valence-electron chi connectivity index (χ3n) is 4.29. The van der Waals surface area contributed by atoms with Crippen molar-refractivity contribution in [2.45, 2.75) is 6.92 Å². The summed E-state index contributed by atoms with van der Waals surface area (Å²) in [6.07, 6.45) is 7.99. The maximum atomic E-state index is 12.8. The van der Waals surface area contributed by atoms with Crippen molar-refractivity contribution in [3.8, 4) is 5.69 Å². The van der Waals surface area contributed by atoms with Gasteiger partial charge in [-0.2, -0.15) is 0 Å². The molecule has 0 bridgehead atoms. The maximum absolute atomic E-state index is 12.8. The largest absolute Gasteiger partial charge is 0.410 e. The topological polar surface area (TPSA) is 93.3 Å². The molecule has 0 amide bonds. The van der Waals surface area contributed by atoms with Gasteiger partial charge in [-0.15, -0.1) is 0 Å². The second kappa shape index (κ2) is 6.80. The Morgan fingerprint density at radius 1 is 1.11 bits per heavy atom. The van der Waals surface area contributed by atoms with Gasteiger partial charge in [-0.3, -0.25) is 14.8 Å². The van der Waals surface area contributed by atoms with Crippen molar-refractivity contribution in [1.29, 1.82) is 0 Å². The van der Waals surface area contributed by atoms with E-state index in [4.69, 9.17) is 0 Å². The molecule has 0 spiro atoms. The van der Waals surface area contributed by atoms with Crippen LogP contribution in [0.2, 0.25) is 0 Å². The summed E-state index contributed by atoms with van der Waals surface area (Å²) < 4.78 is 1.97. The van der Waals surface area contributed by atoms with Crippen LogP contribution in [0.1, 0.15) is 21.6 Å². The standard InChI is InChI=1S/C20H15N5O2/c1-13-11-15(19(26)18(24-27)16-12-21-8-9-22-16)4-5-17(13)25-10-6-14-3-2-7-23-20(14)25/h2-12,27H,1H3/b24-18+. The molecule has 1 aromatic carbocycles. The molecule has 0 radical (unpaired) electrons. The van der Waals surface area contributed by atoms with E-state index in [0.717, 1.165) is 22.3 Å². The highest BCUT2D eigenvalue weighted by molar-refractivity contribution is 6.50. The zero-order valence-electron chi connectivity index (χ0n) is 14.4. The van der Waals surface area contributed by atoms with Crippen molar-refractivity contribution in [1.82, 2.24) is 19.5 Å². The van der Waals surface area contributed by atoms with Crippen LogP contribution in [0.3, 0.4) is 0 Å². The Bertz CT molecular complexity index is 1170. The molecule has 1 N–H and O–H groups in total. The molecule has 0 fully saturated rings. The SMILES string of the molecule is Cc1cc(C(=O)/C(=N/O)c2cnccn2)ccc1-n1ccc2cccnc21. The van der Waals surface area contributed by atoms with Crippen LogP contribution in [-0.4, -0.2) is 36.2 Å². The number of carbonyl (C=O) groups is 1. The molecular formula is C20H15N5O2. The third-order valence-corrected chi connectivity index (χ3v) is 4.29. The van der Waals surface area contributed by atoms with E-state index in [2.05, 4.69) is 20.1 Å². The van der Waals surface area contributed by atoms with Crippen molar-refractivity contribution in [2.75, 3.05) is 0 Å². The van der Waals surface area contributed by atoms with Crippen molar-refractivity contribution >= 4 is 22.5 Å². The summed E-state index contributed by atoms with van der Waals surface area (Å²) in [6.45, 7) is 1.92. The molecule has 7 nitrogen and oxygen atoms in total. The minimum atomic E-state index is -0.428. The van der Waals surface area contributed by atoms with Crippen LogP contribution in [0.4, 0.5) is 0 Å². The fraction of sp³-hybridized carbons (Fsp3) is 0.0500. The summed E-state index contributed by atoms with van der Waals surface area (Å²) in [5.74, 6) is -0.428. The molecule has 4 aromatic rings. The quantitative estimate of drug-likeness (QED) is 0.262. The van der Waals surface area contributed by atoms with E-state index < -0.39 is 5.78 Å². The normalized spacial score (nSPS) is 11.7. The van der Waals surface area contributed by atoms with Gasteiger partial charge in [0.05, 0.1) is 6.20 Å². The molecule has 132 valence electrons. The number of Topliss-reactive ketones (excluding diaryl/α,β-unsaturated/α-hetero) is 1. The lowest BCUT2D eigenvalue weighted by Gasteiger charge is -2.10. The second-order valence-corrected chi connectivity index (χ2v) is 5.97. The van der Waals surface area contributed by atoms with Crippen molar-refractivity contribution in [2.24, 2.45) is 5.16 Å². The lowest BCUT2D eigenvalue weighted by Crippen LogP contribution is -2.18. The molecule has 3 aromatic heterocycles. The number of nitrogens with zero attached hydrogens (tertiary/aromatic N) is 5. The van der Waals surface area contributed by atoms with Gasteiger partial charge in [0.15, 0.2) is 5.71 Å². The van der Waals surface area contributed by atoms with Gasteiger partial charge in [0.25, 0.3) is 0 Å². The number of benzene rings is 1. The van der Waals surface area contributed by atoms with Gasteiger partial charge in [-0.25, -0.2) is 4.98 Å². The molecule has 0 aliphatic heterocycles. The van der Waals surface area contributed by atoms with E-state index >= 15 is 0 Å². The minimum absolute atomic E-state index is 0.150. The highest BCUT2D eigenvalue weighted by Gasteiger charge is 2.19. The summed E-state index contributed by atoms with van der Waals surface area (Å²) in [7, 11) is 0. The molecule has 3 heterocycles. The van der Waals surface area contributed by atoms with E-state index in [1.807, 2.05) is 42.0 Å². The van der Waals surface area contributed by atoms with Crippen LogP contribution < -0.4 is 0 Å². The van der Waals surface area contributed by atoms with E-state index in [1.165, 1.54) is 18.6 Å². The van der Waals surface area contributed by atoms with Crippen LogP contribution >= 0.6 is 0 Å². The molecule has 0 aliphatic rings. The summed E-state index contributed by atoms with van der Waals surface area (Å²) in [4.78, 5) is 25.1. The third kappa shape index (κ3) is 2.95. The van der Waals surface area contributed by atoms with Crippen LogP contribution in [0.15, 0.2) is 72.5 Å². The second-order valence-electron chi connectivity index (χ2n) is 5.97. The molecule has 0 unspecified atom stereocenters. The van der Waals surface area contributed by atoms with Crippen molar-refractivity contribution in [3.05, 3.63) is 84.2 Å². The molecule has 4 rings (SSSR count). The molecular weight excluding hydrogens is 342 g/mol. The van der Waals surface area contributed by atoms with E-state index in [-0.39, 0.29) is 11.4 Å². The average Bonchev–Trinajstić information content (AvgIpc) is 3.13. The molecule has 0 atom stereocenters. The van der Waals surface area contributed by atoms with Crippen molar-refractivity contribution in [3.63, 3.8) is 0 Å². The van der Waals surface area contributed by atoms with Gasteiger partial charge in [0.2, 0.25) is 5.78 Å². The number of rotatable bonds is 4. The van der Waals surface area contributed by atoms with Crippen LogP contribution in [0.25, 0.3) is 16.7 Å². The van der Waals surface area contributed by atoms with Gasteiger partial charge >= 0.3 is 0 Å². The van der Waals surface area contributed by atoms with E-state index in [1.54, 1.807) is 18.3 Å². The monoisotopic (exact) mass is 357 g/mol. The van der Waals surface area contributed by atoms with Crippen LogP contribution in [-0.2, 0) is 0 Å². The Labute approximate surface area is 154 Å². The number of hydrogen-bond donors (Lipinski definition) is 1. The lowest BCUT2D eigenvalue weighted by molar-refractivity contribution is 0.106. The number of aromatic nitrogens is 4. The van der Waals surface area contributed by atoms with E-state index in [9.17, 15) is 10.0 Å². The summed E-state index contributed by atoms with van der Waals surface area (Å²) in [5.41, 5.74) is 3.12. The van der Waals surface area contributed by atoms with Gasteiger partial charge < -0.3 is 9.77 Å². The number of aryl methyl sites for hydroxylation is 1. The summed E-state index contributed by atoms with van der Waals surface area (Å²) in [6, 6.07) is 11.2. The van der Waals surface area contributed by atoms with Crippen LogP contribution in [0.5, 0.6) is 0 Å². The first-order chi connectivity index (χ1) is 13.2. The zero-order valence-corrected chi connectivity index (χ0v) is 14.4. The number of fused-ring (bicyclic) bond motifs is 1. The highest BCUT2D eigenvalue weighted by atomic mass is 16.4. The number of hydrogen-bond acceptors (Lipinski definition) is 6. The predicted molar refractivity (Wildman–Crippen MR) is 100 cm³/mol. The first-order valence-electron chi connectivity index (χ1n) is 8.25. The Morgan fingerprint density at radius 3 is 2.74 bits per heavy atom. The summed E-state index contributed by atoms with van der Waals surface area (Å²) in [5, 5.41) is 13.5. The average molecular weight is 357 g/mol. The van der Waals surface area contributed by atoms with Gasteiger partial charge in [0.1, 0.15) is 11.3 Å². The Kier molecular flexibility index (Phi) is 4.18. The van der Waals surface area contributed by atoms with Gasteiger partial charge in [-0.05, 0) is 48.9 Å². The van der Waals surface area contributed by atoms with Gasteiger partial charge in [0, 0.05) is 41.4 Å². The number of pyridine rings is 1. The Morgan fingerprint density at radius 2 is 2.00 bits per heavy atom. The number of carbonyl (C=O) groups excluding carboxylic acids is 1. The maximum Gasteiger partial charge on any atom is 0.217 e.